The molecule has 2 amide bonds. The molecule has 1 unspecified atom stereocenters. The number of rotatable bonds is 7. The Hall–Kier alpha value is -5.62. The van der Waals surface area contributed by atoms with Gasteiger partial charge in [0.2, 0.25) is 23.5 Å². The van der Waals surface area contributed by atoms with Crippen molar-refractivity contribution in [1.29, 1.82) is 0 Å². The molecule has 3 fully saturated rings. The molecule has 0 radical (unpaired) electrons. The number of carbonyl (C=O) groups is 2. The minimum absolute atomic E-state index is 0.0202. The van der Waals surface area contributed by atoms with Crippen molar-refractivity contribution in [2.24, 2.45) is 20.0 Å². The molecule has 4 aliphatic heterocycles. The molecule has 7 heterocycles. The lowest BCUT2D eigenvalue weighted by atomic mass is 9.92. The van der Waals surface area contributed by atoms with Crippen LogP contribution in [0, 0.1) is 11.7 Å². The maximum Gasteiger partial charge on any atom is 0.300 e. The van der Waals surface area contributed by atoms with Crippen molar-refractivity contribution in [3.63, 3.8) is 0 Å². The van der Waals surface area contributed by atoms with E-state index in [4.69, 9.17) is 21.4 Å². The molecule has 0 saturated carbocycles. The largest absolute Gasteiger partial charge is 0.480 e. The van der Waals surface area contributed by atoms with Crippen LogP contribution in [0.5, 0.6) is 5.75 Å². The second-order valence-electron chi connectivity index (χ2n) is 16.2. The Morgan fingerprint density at radius 3 is 2.52 bits per heavy atom. The fraction of sp³-hybridized carbons (Fsp3) is 0.463. The molecule has 3 saturated heterocycles. The van der Waals surface area contributed by atoms with Gasteiger partial charge in [0.25, 0.3) is 5.56 Å². The third kappa shape index (κ3) is 7.22. The number of benzene rings is 2. The van der Waals surface area contributed by atoms with Gasteiger partial charge in [0, 0.05) is 83.2 Å². The average Bonchev–Trinajstić information content (AvgIpc) is 3.51. The zero-order valence-corrected chi connectivity index (χ0v) is 34.2. The van der Waals surface area contributed by atoms with Crippen molar-refractivity contribution in [3.05, 3.63) is 63.4 Å². The summed E-state index contributed by atoms with van der Waals surface area (Å²) in [4.78, 5) is 53.7. The smallest absolute Gasteiger partial charge is 0.300 e. The normalized spacial score (nSPS) is 21.4. The standard InChI is InChI=1S/C41H45ClF3N11O4/c1-22-41(44,45)21-60-36-34(47-22)26-17-29(28(43)18-31(26)52(2)39(36)59)48-37-27(42)19-46-40(50-37)56-11-9-23(10-12-56)20-54-13-15-55(16-14-54)30-6-4-5-24-33(51-53(3)35(24)30)25-7-8-32(57)49-38(25)58/h4-6,17-19,22-23,25,47H,7-16,20-21H2,1-3H3,(H,46,48,50)(H,49,57,58)/t22-,25?/m0/s1. The summed E-state index contributed by atoms with van der Waals surface area (Å²) in [5.74, 6) is -4.09. The monoisotopic (exact) mass is 847 g/mol. The van der Waals surface area contributed by atoms with E-state index in [2.05, 4.69) is 46.7 Å². The molecule has 2 atom stereocenters. The van der Waals surface area contributed by atoms with Crippen LogP contribution in [0.15, 0.2) is 41.3 Å². The number of imide groups is 1. The first-order valence-electron chi connectivity index (χ1n) is 20.2. The minimum atomic E-state index is -3.25. The number of halogens is 4. The van der Waals surface area contributed by atoms with Gasteiger partial charge in [0.1, 0.15) is 10.8 Å². The maximum atomic E-state index is 15.6. The summed E-state index contributed by atoms with van der Waals surface area (Å²) < 4.78 is 53.2. The molecule has 3 N–H and O–H groups in total. The van der Waals surface area contributed by atoms with Crippen LogP contribution in [0.25, 0.3) is 21.8 Å². The van der Waals surface area contributed by atoms with E-state index in [0.717, 1.165) is 81.3 Å². The van der Waals surface area contributed by atoms with Gasteiger partial charge in [-0.25, -0.2) is 18.2 Å². The van der Waals surface area contributed by atoms with Gasteiger partial charge in [-0.15, -0.1) is 0 Å². The molecule has 9 rings (SSSR count). The molecule has 0 aliphatic carbocycles. The molecule has 15 nitrogen and oxygen atoms in total. The van der Waals surface area contributed by atoms with Gasteiger partial charge in [-0.3, -0.25) is 29.3 Å². The number of amides is 2. The van der Waals surface area contributed by atoms with Gasteiger partial charge in [0.15, 0.2) is 12.4 Å². The first-order chi connectivity index (χ1) is 28.8. The second kappa shape index (κ2) is 15.4. The number of aromatic nitrogens is 5. The molecule has 5 aromatic rings. The Bertz CT molecular complexity index is 2590. The number of hydrogen-bond acceptors (Lipinski definition) is 12. The molecule has 0 bridgehead atoms. The SMILES string of the molecule is C[C@@H]1Nc2c(c(=O)n(C)c3cc(F)c(Nc4nc(N5CCC(CN6CCN(c7cccc8c(C9CCC(=O)NC9=O)nn(C)c78)CC6)CC5)ncc4Cl)cc23)OCC1(F)F. The molecule has 2 aromatic carbocycles. The molecule has 4 aliphatic rings. The van der Waals surface area contributed by atoms with Gasteiger partial charge >= 0.3 is 5.92 Å². The molecular formula is C41H45ClF3N11O4. The van der Waals surface area contributed by atoms with Crippen LogP contribution in [0.1, 0.15) is 44.2 Å². The highest BCUT2D eigenvalue weighted by atomic mass is 35.5. The number of nitrogens with zero attached hydrogens (tertiary/aromatic N) is 8. The number of nitrogens with one attached hydrogen (secondary N) is 3. The first kappa shape index (κ1) is 39.8. The van der Waals surface area contributed by atoms with E-state index in [1.54, 1.807) is 0 Å². The van der Waals surface area contributed by atoms with Crippen LogP contribution < -0.4 is 36.0 Å². The van der Waals surface area contributed by atoms with E-state index in [-0.39, 0.29) is 45.3 Å². The number of anilines is 5. The molecular weight excluding hydrogens is 803 g/mol. The molecule has 3 aromatic heterocycles. The zero-order valence-electron chi connectivity index (χ0n) is 33.4. The lowest BCUT2D eigenvalue weighted by Gasteiger charge is -2.39. The Balaban J connectivity index is 0.838. The Morgan fingerprint density at radius 1 is 1.00 bits per heavy atom. The van der Waals surface area contributed by atoms with Crippen molar-refractivity contribution in [2.75, 3.05) is 72.9 Å². The van der Waals surface area contributed by atoms with Crippen molar-refractivity contribution >= 4 is 74.0 Å². The van der Waals surface area contributed by atoms with Crippen LogP contribution in [0.4, 0.5) is 42.0 Å². The van der Waals surface area contributed by atoms with Gasteiger partial charge < -0.3 is 29.7 Å². The van der Waals surface area contributed by atoms with Gasteiger partial charge in [-0.1, -0.05) is 23.7 Å². The predicted octanol–water partition coefficient (Wildman–Crippen LogP) is 5.14. The van der Waals surface area contributed by atoms with Gasteiger partial charge in [0.05, 0.1) is 51.9 Å². The van der Waals surface area contributed by atoms with E-state index in [1.807, 2.05) is 23.9 Å². The maximum absolute atomic E-state index is 15.6. The number of carbonyl (C=O) groups excluding carboxylic acids is 2. The van der Waals surface area contributed by atoms with Crippen LogP contribution in [-0.4, -0.2) is 105 Å². The molecule has 19 heteroatoms. The number of alkyl halides is 2. The summed E-state index contributed by atoms with van der Waals surface area (Å²) >= 11 is 6.52. The summed E-state index contributed by atoms with van der Waals surface area (Å²) in [6.45, 7) is 6.26. The van der Waals surface area contributed by atoms with E-state index >= 15 is 4.39 Å². The number of ether oxygens (including phenoxy) is 1. The van der Waals surface area contributed by atoms with Crippen molar-refractivity contribution in [1.82, 2.24) is 34.5 Å². The number of hydrogen-bond donors (Lipinski definition) is 3. The lowest BCUT2D eigenvalue weighted by Crippen LogP contribution is -2.49. The molecule has 60 heavy (non-hydrogen) atoms. The highest BCUT2D eigenvalue weighted by molar-refractivity contribution is 6.33. The lowest BCUT2D eigenvalue weighted by molar-refractivity contribution is -0.134. The Labute approximate surface area is 347 Å². The van der Waals surface area contributed by atoms with E-state index < -0.39 is 35.9 Å². The quantitative estimate of drug-likeness (QED) is 0.186. The van der Waals surface area contributed by atoms with Crippen LogP contribution in [0.2, 0.25) is 5.02 Å². The topological polar surface area (TPSA) is 155 Å². The number of fused-ring (bicyclic) bond motifs is 4. The number of pyridine rings is 1. The van der Waals surface area contributed by atoms with Crippen LogP contribution in [0.3, 0.4) is 0 Å². The van der Waals surface area contributed by atoms with E-state index in [1.165, 1.54) is 30.8 Å². The summed E-state index contributed by atoms with van der Waals surface area (Å²) in [6, 6.07) is 7.37. The average molecular weight is 848 g/mol. The van der Waals surface area contributed by atoms with Gasteiger partial charge in [-0.2, -0.15) is 10.1 Å². The highest BCUT2D eigenvalue weighted by Crippen LogP contribution is 2.40. The second-order valence-corrected chi connectivity index (χ2v) is 16.6. The number of piperazine rings is 1. The Kier molecular flexibility index (Phi) is 10.3. The summed E-state index contributed by atoms with van der Waals surface area (Å²) in [6.07, 6.45) is 4.09. The fourth-order valence-electron chi connectivity index (χ4n) is 8.91. The van der Waals surface area contributed by atoms with E-state index in [0.29, 0.717) is 35.8 Å². The van der Waals surface area contributed by atoms with Gasteiger partial charge in [-0.05, 0) is 44.2 Å². The third-order valence-corrected chi connectivity index (χ3v) is 12.7. The zero-order chi connectivity index (χ0) is 42.0. The number of piperidine rings is 2. The highest BCUT2D eigenvalue weighted by Gasteiger charge is 2.42. The summed E-state index contributed by atoms with van der Waals surface area (Å²) in [7, 11) is 3.34. The fourth-order valence-corrected chi connectivity index (χ4v) is 9.05. The number of para-hydroxylation sites is 1. The van der Waals surface area contributed by atoms with Crippen LogP contribution >= 0.6 is 11.6 Å². The third-order valence-electron chi connectivity index (χ3n) is 12.4. The van der Waals surface area contributed by atoms with E-state index in [9.17, 15) is 23.2 Å². The predicted molar refractivity (Wildman–Crippen MR) is 222 cm³/mol. The molecule has 316 valence electrons. The Morgan fingerprint density at radius 2 is 1.77 bits per heavy atom. The van der Waals surface area contributed by atoms with Crippen molar-refractivity contribution < 1.29 is 27.5 Å². The first-order valence-corrected chi connectivity index (χ1v) is 20.6. The number of aryl methyl sites for hydroxylation is 2. The van der Waals surface area contributed by atoms with Crippen LogP contribution in [-0.2, 0) is 23.7 Å². The molecule has 0 spiro atoms. The van der Waals surface area contributed by atoms with Crippen molar-refractivity contribution in [3.8, 4) is 5.75 Å². The van der Waals surface area contributed by atoms with Crippen molar-refractivity contribution in [2.45, 2.75) is 50.5 Å². The summed E-state index contributed by atoms with van der Waals surface area (Å²) in [5, 5.41) is 14.3. The minimum Gasteiger partial charge on any atom is -0.480 e. The summed E-state index contributed by atoms with van der Waals surface area (Å²) in [5.41, 5.74) is 2.36.